The number of nitrogens with two attached hydrogens (primary N) is 1. The Morgan fingerprint density at radius 3 is 2.48 bits per heavy atom. The number of amides is 1. The van der Waals surface area contributed by atoms with E-state index in [1.54, 1.807) is 26.0 Å². The van der Waals surface area contributed by atoms with Gasteiger partial charge in [0, 0.05) is 47.2 Å². The molecule has 1 aliphatic heterocycles. The summed E-state index contributed by atoms with van der Waals surface area (Å²) in [6.45, 7) is 14.4. The number of ether oxygens (including phenoxy) is 1. The Kier molecular flexibility index (Phi) is 8.30. The van der Waals surface area contributed by atoms with E-state index < -0.39 is 22.5 Å². The zero-order chi connectivity index (χ0) is 31.1. The van der Waals surface area contributed by atoms with Crippen molar-refractivity contribution in [3.05, 3.63) is 75.3 Å². The number of hydrogen-bond donors (Lipinski definition) is 2. The highest BCUT2D eigenvalue weighted by Gasteiger charge is 2.56. The van der Waals surface area contributed by atoms with Crippen LogP contribution in [0.15, 0.2) is 48.5 Å². The Hall–Kier alpha value is -3.72. The number of nitro groups is 1. The van der Waals surface area contributed by atoms with E-state index in [9.17, 15) is 19.7 Å². The van der Waals surface area contributed by atoms with Gasteiger partial charge in [0.2, 0.25) is 5.91 Å². The second-order valence-corrected chi connectivity index (χ2v) is 13.7. The van der Waals surface area contributed by atoms with Crippen LogP contribution in [0.3, 0.4) is 0 Å². The number of para-hydroxylation sites is 1. The summed E-state index contributed by atoms with van der Waals surface area (Å²) >= 11 is 0. The summed E-state index contributed by atoms with van der Waals surface area (Å²) in [5, 5.41) is 14.3. The van der Waals surface area contributed by atoms with E-state index in [1.807, 2.05) is 45.0 Å². The minimum Gasteiger partial charge on any atom is -0.464 e. The highest BCUT2D eigenvalue weighted by molar-refractivity contribution is 5.81. The topological polar surface area (TPSA) is 128 Å². The summed E-state index contributed by atoms with van der Waals surface area (Å²) in [5.74, 6) is -1.08. The van der Waals surface area contributed by atoms with Crippen LogP contribution in [0.25, 0.3) is 6.08 Å². The van der Waals surface area contributed by atoms with E-state index in [0.717, 1.165) is 16.8 Å². The standard InChI is InChI=1S/C33H44N4O5/c1-30(2,3)35-29(39)26(32(6,7)34)14-15-28(38)42-19-18-36-27-11-9-8-10-25(27)31(4,5)33(36)17-16-22-20-24(37(40)41)13-12-23(22)21-33/h8-13,16-17,20,26H,14-15,18-19,21,34H2,1-7H3,(H,35,39). The second kappa shape index (κ2) is 11.2. The number of nitrogens with zero attached hydrogens (tertiary/aromatic N) is 2. The van der Waals surface area contributed by atoms with Crippen molar-refractivity contribution < 1.29 is 19.2 Å². The molecule has 0 saturated carbocycles. The first-order valence-electron chi connectivity index (χ1n) is 14.6. The van der Waals surface area contributed by atoms with Crippen molar-refractivity contribution in [3.8, 4) is 0 Å². The molecule has 0 fully saturated rings. The number of esters is 1. The van der Waals surface area contributed by atoms with Crippen LogP contribution < -0.4 is 16.0 Å². The third kappa shape index (κ3) is 6.07. The van der Waals surface area contributed by atoms with Gasteiger partial charge in [-0.2, -0.15) is 0 Å². The molecule has 3 N–H and O–H groups in total. The highest BCUT2D eigenvalue weighted by atomic mass is 16.6. The molecule has 4 rings (SSSR count). The Balaban J connectivity index is 1.49. The molecule has 1 amide bonds. The van der Waals surface area contributed by atoms with Gasteiger partial charge in [-0.05, 0) is 63.8 Å². The number of hydrogen-bond acceptors (Lipinski definition) is 7. The summed E-state index contributed by atoms with van der Waals surface area (Å²) in [6.07, 6.45) is 5.17. The van der Waals surface area contributed by atoms with Gasteiger partial charge in [-0.1, -0.05) is 50.3 Å². The van der Waals surface area contributed by atoms with Gasteiger partial charge in [0.05, 0.1) is 22.9 Å². The van der Waals surface area contributed by atoms with Crippen LogP contribution in [0.4, 0.5) is 11.4 Å². The summed E-state index contributed by atoms with van der Waals surface area (Å²) in [7, 11) is 0. The van der Waals surface area contributed by atoms with Gasteiger partial charge in [-0.3, -0.25) is 19.7 Å². The molecule has 1 aliphatic carbocycles. The number of nitro benzene ring substituents is 1. The molecule has 2 aromatic carbocycles. The van der Waals surface area contributed by atoms with Crippen LogP contribution in [0, 0.1) is 16.0 Å². The number of benzene rings is 2. The zero-order valence-electron chi connectivity index (χ0n) is 25.8. The third-order valence-electron chi connectivity index (χ3n) is 8.70. The molecule has 2 aromatic rings. The first-order chi connectivity index (χ1) is 19.5. The third-order valence-corrected chi connectivity index (χ3v) is 8.70. The fourth-order valence-corrected chi connectivity index (χ4v) is 6.43. The number of carbonyl (C=O) groups is 2. The van der Waals surface area contributed by atoms with Crippen LogP contribution in [0.1, 0.15) is 78.0 Å². The van der Waals surface area contributed by atoms with Crippen molar-refractivity contribution in [1.82, 2.24) is 5.32 Å². The van der Waals surface area contributed by atoms with Crippen molar-refractivity contribution in [2.75, 3.05) is 18.1 Å². The molecular formula is C33H44N4O5. The lowest BCUT2D eigenvalue weighted by Gasteiger charge is -2.48. The maximum Gasteiger partial charge on any atom is 0.305 e. The van der Waals surface area contributed by atoms with Gasteiger partial charge >= 0.3 is 5.97 Å². The number of rotatable bonds is 9. The van der Waals surface area contributed by atoms with Gasteiger partial charge in [-0.25, -0.2) is 0 Å². The first kappa shape index (κ1) is 31.2. The zero-order valence-corrected chi connectivity index (χ0v) is 25.8. The van der Waals surface area contributed by atoms with Crippen molar-refractivity contribution in [1.29, 1.82) is 0 Å². The van der Waals surface area contributed by atoms with Crippen LogP contribution in [-0.2, 0) is 26.2 Å². The Morgan fingerprint density at radius 2 is 1.83 bits per heavy atom. The Bertz CT molecular complexity index is 1400. The monoisotopic (exact) mass is 576 g/mol. The average molecular weight is 577 g/mol. The van der Waals surface area contributed by atoms with E-state index in [2.05, 4.69) is 42.3 Å². The van der Waals surface area contributed by atoms with Gasteiger partial charge in [0.25, 0.3) is 5.69 Å². The van der Waals surface area contributed by atoms with Crippen molar-refractivity contribution in [2.24, 2.45) is 11.7 Å². The summed E-state index contributed by atoms with van der Waals surface area (Å²) < 4.78 is 5.72. The molecule has 0 saturated heterocycles. The van der Waals surface area contributed by atoms with Crippen molar-refractivity contribution in [2.45, 2.75) is 89.8 Å². The largest absolute Gasteiger partial charge is 0.464 e. The fourth-order valence-electron chi connectivity index (χ4n) is 6.43. The predicted molar refractivity (Wildman–Crippen MR) is 165 cm³/mol. The molecular weight excluding hydrogens is 532 g/mol. The van der Waals surface area contributed by atoms with Gasteiger partial charge in [0.1, 0.15) is 6.61 Å². The van der Waals surface area contributed by atoms with E-state index in [4.69, 9.17) is 10.5 Å². The molecule has 1 heterocycles. The molecule has 226 valence electrons. The summed E-state index contributed by atoms with van der Waals surface area (Å²) in [6, 6.07) is 13.3. The number of anilines is 1. The number of non-ortho nitro benzene ring substituents is 1. The quantitative estimate of drug-likeness (QED) is 0.236. The minimum atomic E-state index is -0.795. The minimum absolute atomic E-state index is 0.0724. The molecule has 0 bridgehead atoms. The molecule has 9 heteroatoms. The molecule has 0 radical (unpaired) electrons. The fraction of sp³-hybridized carbons (Fsp3) is 0.515. The van der Waals surface area contributed by atoms with E-state index in [0.29, 0.717) is 19.4 Å². The lowest BCUT2D eigenvalue weighted by atomic mass is 9.65. The summed E-state index contributed by atoms with van der Waals surface area (Å²) in [5.41, 5.74) is 8.61. The number of nitrogens with one attached hydrogen (secondary N) is 1. The van der Waals surface area contributed by atoms with Crippen LogP contribution >= 0.6 is 0 Å². The van der Waals surface area contributed by atoms with Crippen LogP contribution in [-0.4, -0.2) is 46.6 Å². The van der Waals surface area contributed by atoms with Gasteiger partial charge < -0.3 is 20.7 Å². The van der Waals surface area contributed by atoms with Crippen LogP contribution in [0.5, 0.6) is 0 Å². The van der Waals surface area contributed by atoms with E-state index in [-0.39, 0.29) is 40.9 Å². The number of carbonyl (C=O) groups excluding carboxylic acids is 2. The van der Waals surface area contributed by atoms with E-state index >= 15 is 0 Å². The summed E-state index contributed by atoms with van der Waals surface area (Å²) in [4.78, 5) is 39.0. The van der Waals surface area contributed by atoms with Crippen LogP contribution in [0.2, 0.25) is 0 Å². The number of fused-ring (bicyclic) bond motifs is 2. The maximum absolute atomic E-state index is 12.9. The maximum atomic E-state index is 12.9. The molecule has 9 nitrogen and oxygen atoms in total. The van der Waals surface area contributed by atoms with Gasteiger partial charge in [-0.15, -0.1) is 0 Å². The van der Waals surface area contributed by atoms with Crippen molar-refractivity contribution >= 4 is 29.3 Å². The molecule has 42 heavy (non-hydrogen) atoms. The van der Waals surface area contributed by atoms with Gasteiger partial charge in [0.15, 0.2) is 0 Å². The van der Waals surface area contributed by atoms with E-state index in [1.165, 1.54) is 5.56 Å². The smallest absolute Gasteiger partial charge is 0.305 e. The lowest BCUT2D eigenvalue weighted by Crippen LogP contribution is -2.57. The predicted octanol–water partition coefficient (Wildman–Crippen LogP) is 5.29. The van der Waals surface area contributed by atoms with Crippen molar-refractivity contribution in [3.63, 3.8) is 0 Å². The Morgan fingerprint density at radius 1 is 1.14 bits per heavy atom. The Labute approximate surface area is 248 Å². The normalized spacial score (nSPS) is 19.7. The average Bonchev–Trinajstić information content (AvgIpc) is 3.05. The highest BCUT2D eigenvalue weighted by Crippen LogP contribution is 2.55. The first-order valence-corrected chi connectivity index (χ1v) is 14.6. The lowest BCUT2D eigenvalue weighted by molar-refractivity contribution is -0.384. The molecule has 2 aliphatic rings. The molecule has 2 unspecified atom stereocenters. The molecule has 2 atom stereocenters. The SMILES string of the molecule is CC(C)(C)NC(=O)C(CCC(=O)OCCN1c2ccccc2C(C)(C)C12C=Cc1cc([N+](=O)[O-])ccc1C2)C(C)(C)N. The second-order valence-electron chi connectivity index (χ2n) is 13.7. The molecule has 0 aromatic heterocycles. The molecule has 1 spiro atoms.